The Morgan fingerprint density at radius 3 is 2.96 bits per heavy atom. The second kappa shape index (κ2) is 8.47. The number of benzene rings is 1. The Hall–Kier alpha value is -1.18. The van der Waals surface area contributed by atoms with Crippen molar-refractivity contribution in [3.63, 3.8) is 0 Å². The highest BCUT2D eigenvalue weighted by Gasteiger charge is 2.25. The number of rotatable bonds is 5. The summed E-state index contributed by atoms with van der Waals surface area (Å²) in [4.78, 5) is 14.7. The van der Waals surface area contributed by atoms with Crippen LogP contribution in [0, 0.1) is 10.9 Å². The molecule has 0 N–H and O–H groups in total. The summed E-state index contributed by atoms with van der Waals surface area (Å²) in [6.45, 7) is 5.11. The maximum Gasteiger partial charge on any atom is 0.233 e. The standard InChI is InChI=1S/C18H23N3OS3/c1-3-14-9-6-7-11-20(14)16(22)12-24-17-19-21(18(23)25-17)15-10-5-4-8-13(15)2/h4-5,8,10,14H,3,6-7,9,11-12H2,1-2H3/t14-/m0/s1. The van der Waals surface area contributed by atoms with E-state index in [1.807, 2.05) is 31.2 Å². The average Bonchev–Trinajstić information content (AvgIpc) is 3.00. The van der Waals surface area contributed by atoms with Gasteiger partial charge >= 0.3 is 0 Å². The second-order valence-electron chi connectivity index (χ2n) is 6.27. The molecule has 3 rings (SSSR count). The zero-order valence-electron chi connectivity index (χ0n) is 14.6. The molecule has 1 aliphatic rings. The Bertz CT molecular complexity index is 799. The first-order valence-corrected chi connectivity index (χ1v) is 10.9. The van der Waals surface area contributed by atoms with Crippen molar-refractivity contribution in [2.24, 2.45) is 0 Å². The Morgan fingerprint density at radius 2 is 2.20 bits per heavy atom. The lowest BCUT2D eigenvalue weighted by Crippen LogP contribution is -2.44. The van der Waals surface area contributed by atoms with Gasteiger partial charge in [-0.05, 0) is 56.5 Å². The van der Waals surface area contributed by atoms with Crippen LogP contribution in [-0.2, 0) is 4.79 Å². The van der Waals surface area contributed by atoms with Crippen LogP contribution < -0.4 is 0 Å². The summed E-state index contributed by atoms with van der Waals surface area (Å²) in [5, 5.41) is 4.62. The number of carbonyl (C=O) groups is 1. The van der Waals surface area contributed by atoms with E-state index in [1.165, 1.54) is 29.5 Å². The first-order valence-electron chi connectivity index (χ1n) is 8.68. The van der Waals surface area contributed by atoms with Crippen LogP contribution >= 0.6 is 35.3 Å². The van der Waals surface area contributed by atoms with Gasteiger partial charge in [-0.3, -0.25) is 4.79 Å². The van der Waals surface area contributed by atoms with E-state index in [9.17, 15) is 4.79 Å². The van der Waals surface area contributed by atoms with E-state index < -0.39 is 0 Å². The molecule has 1 aliphatic heterocycles. The number of hydrogen-bond donors (Lipinski definition) is 0. The average molecular weight is 394 g/mol. The van der Waals surface area contributed by atoms with Crippen LogP contribution in [0.4, 0.5) is 0 Å². The number of carbonyl (C=O) groups excluding carboxylic acids is 1. The van der Waals surface area contributed by atoms with Crippen molar-refractivity contribution >= 4 is 41.2 Å². The molecule has 1 atom stereocenters. The SMILES string of the molecule is CC[C@H]1CCCCN1C(=O)CSc1nn(-c2ccccc2C)c(=S)s1. The number of hydrogen-bond acceptors (Lipinski definition) is 5. The van der Waals surface area contributed by atoms with E-state index in [0.717, 1.165) is 41.4 Å². The fourth-order valence-corrected chi connectivity index (χ4v) is 5.47. The topological polar surface area (TPSA) is 38.1 Å². The molecular weight excluding hydrogens is 370 g/mol. The lowest BCUT2D eigenvalue weighted by atomic mass is 10.0. The van der Waals surface area contributed by atoms with Crippen LogP contribution in [-0.4, -0.2) is 38.9 Å². The molecule has 0 bridgehead atoms. The quantitative estimate of drug-likeness (QED) is 0.537. The number of thioether (sulfide) groups is 1. The smallest absolute Gasteiger partial charge is 0.233 e. The molecule has 0 aliphatic carbocycles. The maximum atomic E-state index is 12.6. The van der Waals surface area contributed by atoms with Gasteiger partial charge in [0.15, 0.2) is 8.29 Å². The Labute approximate surface area is 162 Å². The zero-order chi connectivity index (χ0) is 17.8. The van der Waals surface area contributed by atoms with E-state index in [4.69, 9.17) is 12.2 Å². The largest absolute Gasteiger partial charge is 0.339 e. The maximum absolute atomic E-state index is 12.6. The van der Waals surface area contributed by atoms with E-state index in [0.29, 0.717) is 15.7 Å². The predicted molar refractivity (Wildman–Crippen MR) is 107 cm³/mol. The highest BCUT2D eigenvalue weighted by molar-refractivity contribution is 8.01. The molecule has 0 spiro atoms. The normalized spacial score (nSPS) is 17.7. The Kier molecular flexibility index (Phi) is 6.30. The number of likely N-dealkylation sites (tertiary alicyclic amines) is 1. The van der Waals surface area contributed by atoms with Gasteiger partial charge in [0.2, 0.25) is 5.91 Å². The monoisotopic (exact) mass is 393 g/mol. The number of nitrogens with zero attached hydrogens (tertiary/aromatic N) is 3. The molecule has 25 heavy (non-hydrogen) atoms. The van der Waals surface area contributed by atoms with Crippen LogP contribution in [0.1, 0.15) is 38.2 Å². The summed E-state index contributed by atoms with van der Waals surface area (Å²) in [5.74, 6) is 0.659. The van der Waals surface area contributed by atoms with Crippen molar-refractivity contribution in [1.82, 2.24) is 14.7 Å². The number of piperidine rings is 1. The van der Waals surface area contributed by atoms with Gasteiger partial charge in [-0.1, -0.05) is 48.2 Å². The van der Waals surface area contributed by atoms with Gasteiger partial charge in [0.1, 0.15) is 0 Å². The molecule has 0 radical (unpaired) electrons. The summed E-state index contributed by atoms with van der Waals surface area (Å²) in [6, 6.07) is 8.47. The summed E-state index contributed by atoms with van der Waals surface area (Å²) in [6.07, 6.45) is 4.52. The van der Waals surface area contributed by atoms with Crippen molar-refractivity contribution < 1.29 is 4.79 Å². The molecule has 2 heterocycles. The molecule has 1 saturated heterocycles. The lowest BCUT2D eigenvalue weighted by molar-refractivity contribution is -0.132. The van der Waals surface area contributed by atoms with Gasteiger partial charge in [0.05, 0.1) is 11.4 Å². The number of amides is 1. The summed E-state index contributed by atoms with van der Waals surface area (Å²) >= 11 is 8.44. The molecule has 0 unspecified atom stereocenters. The van der Waals surface area contributed by atoms with Crippen molar-refractivity contribution in [2.45, 2.75) is 49.9 Å². The van der Waals surface area contributed by atoms with Gasteiger partial charge in [-0.2, -0.15) is 0 Å². The number of aromatic nitrogens is 2. The predicted octanol–water partition coefficient (Wildman–Crippen LogP) is 4.85. The van der Waals surface area contributed by atoms with Gasteiger partial charge < -0.3 is 4.90 Å². The van der Waals surface area contributed by atoms with Crippen molar-refractivity contribution in [3.05, 3.63) is 33.8 Å². The molecule has 1 aromatic heterocycles. The van der Waals surface area contributed by atoms with Gasteiger partial charge in [0, 0.05) is 12.6 Å². The Balaban J connectivity index is 1.68. The van der Waals surface area contributed by atoms with Crippen molar-refractivity contribution in [1.29, 1.82) is 0 Å². The van der Waals surface area contributed by atoms with Gasteiger partial charge in [-0.15, -0.1) is 5.10 Å². The third-order valence-corrected chi connectivity index (χ3v) is 6.96. The molecule has 134 valence electrons. The molecule has 4 nitrogen and oxygen atoms in total. The zero-order valence-corrected chi connectivity index (χ0v) is 17.1. The van der Waals surface area contributed by atoms with Crippen LogP contribution in [0.2, 0.25) is 0 Å². The highest BCUT2D eigenvalue weighted by Crippen LogP contribution is 2.27. The van der Waals surface area contributed by atoms with E-state index >= 15 is 0 Å². The number of aryl methyl sites for hydroxylation is 1. The minimum absolute atomic E-state index is 0.222. The second-order valence-corrected chi connectivity index (χ2v) is 9.11. The van der Waals surface area contributed by atoms with Crippen LogP contribution in [0.15, 0.2) is 28.6 Å². The molecule has 1 fully saturated rings. The first kappa shape index (κ1) is 18.6. The third kappa shape index (κ3) is 4.33. The first-order chi connectivity index (χ1) is 12.1. The fraction of sp³-hybridized carbons (Fsp3) is 0.500. The highest BCUT2D eigenvalue weighted by atomic mass is 32.2. The molecular formula is C18H23N3OS3. The van der Waals surface area contributed by atoms with Gasteiger partial charge in [0.25, 0.3) is 0 Å². The minimum atomic E-state index is 0.222. The van der Waals surface area contributed by atoms with Crippen molar-refractivity contribution in [3.8, 4) is 5.69 Å². The number of para-hydroxylation sites is 1. The van der Waals surface area contributed by atoms with E-state index in [1.54, 1.807) is 4.68 Å². The summed E-state index contributed by atoms with van der Waals surface area (Å²) in [7, 11) is 0. The molecule has 2 aromatic rings. The van der Waals surface area contributed by atoms with Crippen LogP contribution in [0.3, 0.4) is 0 Å². The molecule has 1 aromatic carbocycles. The van der Waals surface area contributed by atoms with Crippen molar-refractivity contribution in [2.75, 3.05) is 12.3 Å². The molecule has 0 saturated carbocycles. The molecule has 7 heteroatoms. The summed E-state index contributed by atoms with van der Waals surface area (Å²) in [5.41, 5.74) is 2.14. The van der Waals surface area contributed by atoms with Gasteiger partial charge in [-0.25, -0.2) is 4.68 Å². The minimum Gasteiger partial charge on any atom is -0.339 e. The van der Waals surface area contributed by atoms with Crippen LogP contribution in [0.25, 0.3) is 5.69 Å². The van der Waals surface area contributed by atoms with E-state index in [2.05, 4.69) is 16.9 Å². The summed E-state index contributed by atoms with van der Waals surface area (Å²) < 4.78 is 3.37. The third-order valence-electron chi connectivity index (χ3n) is 4.61. The van der Waals surface area contributed by atoms with Crippen LogP contribution in [0.5, 0.6) is 0 Å². The van der Waals surface area contributed by atoms with E-state index in [-0.39, 0.29) is 5.91 Å². The fourth-order valence-electron chi connectivity index (χ4n) is 3.23. The Morgan fingerprint density at radius 1 is 1.40 bits per heavy atom. The molecule has 1 amide bonds. The lowest BCUT2D eigenvalue weighted by Gasteiger charge is -2.35.